The van der Waals surface area contributed by atoms with Crippen LogP contribution in [0.1, 0.15) is 85.5 Å². The second-order valence-electron chi connectivity index (χ2n) is 18.4. The summed E-state index contributed by atoms with van der Waals surface area (Å²) in [6.07, 6.45) is -5.48. The van der Waals surface area contributed by atoms with E-state index in [4.69, 9.17) is 28.4 Å². The molecule has 4 heterocycles. The summed E-state index contributed by atoms with van der Waals surface area (Å²) in [5.41, 5.74) is 0.0452. The highest BCUT2D eigenvalue weighted by molar-refractivity contribution is 5.29. The van der Waals surface area contributed by atoms with Crippen LogP contribution in [0.25, 0.3) is 0 Å². The van der Waals surface area contributed by atoms with Gasteiger partial charge < -0.3 is 69.3 Å². The lowest BCUT2D eigenvalue weighted by Gasteiger charge is -2.62. The van der Waals surface area contributed by atoms with E-state index < -0.39 is 86.0 Å². The smallest absolute Gasteiger partial charge is 0.187 e. The number of allylic oxidation sites excluding steroid dienone is 1. The predicted octanol–water partition coefficient (Wildman–Crippen LogP) is 0.477. The van der Waals surface area contributed by atoms with Gasteiger partial charge in [-0.3, -0.25) is 0 Å². The van der Waals surface area contributed by atoms with Crippen molar-refractivity contribution in [2.75, 3.05) is 19.8 Å². The molecule has 8 rings (SSSR count). The summed E-state index contributed by atoms with van der Waals surface area (Å²) in [5.74, 6) is 0.869. The number of ether oxygens (including phenoxy) is 6. The first-order chi connectivity index (χ1) is 25.1. The van der Waals surface area contributed by atoms with Gasteiger partial charge in [0.15, 0.2) is 18.4 Å². The van der Waals surface area contributed by atoms with Gasteiger partial charge in [-0.25, -0.2) is 0 Å². The highest BCUT2D eigenvalue weighted by atomic mass is 16.7. The Balaban J connectivity index is 0.929. The van der Waals surface area contributed by atoms with Crippen molar-refractivity contribution in [2.45, 2.75) is 170 Å². The van der Waals surface area contributed by atoms with E-state index in [1.54, 1.807) is 0 Å². The van der Waals surface area contributed by atoms with Gasteiger partial charge in [0, 0.05) is 30.1 Å². The van der Waals surface area contributed by atoms with Crippen LogP contribution in [0.15, 0.2) is 11.6 Å². The van der Waals surface area contributed by atoms with Crippen molar-refractivity contribution in [3.63, 3.8) is 0 Å². The van der Waals surface area contributed by atoms with Crippen molar-refractivity contribution in [1.82, 2.24) is 0 Å². The molecule has 302 valence electrons. The zero-order valence-electron chi connectivity index (χ0n) is 31.4. The number of fused-ring (bicyclic) bond motifs is 7. The molecule has 7 fully saturated rings. The summed E-state index contributed by atoms with van der Waals surface area (Å²) in [5, 5.41) is 85.6. The van der Waals surface area contributed by atoms with Gasteiger partial charge in [0.05, 0.1) is 37.6 Å². The molecule has 0 amide bonds. The number of hydrogen-bond acceptors (Lipinski definition) is 14. The molecule has 0 aromatic rings. The summed E-state index contributed by atoms with van der Waals surface area (Å²) in [7, 11) is 0. The van der Waals surface area contributed by atoms with Crippen molar-refractivity contribution in [3.05, 3.63) is 11.6 Å². The molecule has 0 bridgehead atoms. The largest absolute Gasteiger partial charge is 0.394 e. The molecule has 0 aromatic carbocycles. The molecule has 8 N–H and O–H groups in total. The number of hydrogen-bond donors (Lipinski definition) is 8. The topological polar surface area (TPSA) is 217 Å². The Kier molecular flexibility index (Phi) is 10.3. The van der Waals surface area contributed by atoms with Gasteiger partial charge in [0.25, 0.3) is 0 Å². The first-order valence-electron chi connectivity index (χ1n) is 20.1. The molecule has 3 saturated carbocycles. The van der Waals surface area contributed by atoms with Gasteiger partial charge in [0.1, 0.15) is 48.8 Å². The highest BCUT2D eigenvalue weighted by Gasteiger charge is 2.74. The SMILES string of the molecule is CC1CCC2(OC1)OC1CC3(O)C4CC=C5CC(OC6OC(CO)C(OC7OC(CO)C(O)C(O)C7O)C(O)C6O)CCC5(C)C4CCC3(C)C1C2C. The first-order valence-corrected chi connectivity index (χ1v) is 20.1. The normalized spacial score (nSPS) is 58.0. The minimum atomic E-state index is -1.73. The van der Waals surface area contributed by atoms with Gasteiger partial charge in [-0.15, -0.1) is 0 Å². The molecular formula is C39H62O14. The number of aliphatic hydroxyl groups is 8. The van der Waals surface area contributed by atoms with Crippen molar-refractivity contribution in [2.24, 2.45) is 40.4 Å². The minimum absolute atomic E-state index is 0.0169. The van der Waals surface area contributed by atoms with Crippen LogP contribution in [0.3, 0.4) is 0 Å². The average molecular weight is 755 g/mol. The lowest BCUT2D eigenvalue weighted by atomic mass is 9.45. The lowest BCUT2D eigenvalue weighted by Crippen LogP contribution is -2.65. The molecule has 21 unspecified atom stereocenters. The van der Waals surface area contributed by atoms with E-state index in [2.05, 4.69) is 33.8 Å². The fourth-order valence-electron chi connectivity index (χ4n) is 12.6. The number of rotatable bonds is 6. The Morgan fingerprint density at radius 2 is 1.49 bits per heavy atom. The minimum Gasteiger partial charge on any atom is -0.394 e. The van der Waals surface area contributed by atoms with E-state index in [0.29, 0.717) is 31.1 Å². The fourth-order valence-corrected chi connectivity index (χ4v) is 12.6. The van der Waals surface area contributed by atoms with E-state index in [1.807, 2.05) is 0 Å². The van der Waals surface area contributed by atoms with E-state index >= 15 is 0 Å². The number of aliphatic hydroxyl groups excluding tert-OH is 7. The van der Waals surface area contributed by atoms with Crippen molar-refractivity contribution < 1.29 is 69.3 Å². The lowest BCUT2D eigenvalue weighted by molar-refractivity contribution is -0.363. The maximum atomic E-state index is 12.9. The predicted molar refractivity (Wildman–Crippen MR) is 184 cm³/mol. The maximum Gasteiger partial charge on any atom is 0.187 e. The molecule has 0 aromatic heterocycles. The summed E-state index contributed by atoms with van der Waals surface area (Å²) < 4.78 is 36.7. The van der Waals surface area contributed by atoms with Crippen LogP contribution in [-0.2, 0) is 28.4 Å². The standard InChI is InChI=1S/C39H62O14/c1-18-7-12-39(48-17-18)19(2)27-24(53-39)14-38(47)23-6-5-20-13-21(8-10-36(20,3)22(23)9-11-37(27,38)4)49-34-32(46)30(44)33(26(16-41)51-34)52-35-31(45)29(43)28(42)25(15-40)50-35/h5,18-19,21-35,40-47H,6-17H2,1-4H3. The maximum absolute atomic E-state index is 12.9. The van der Waals surface area contributed by atoms with E-state index in [-0.39, 0.29) is 40.8 Å². The van der Waals surface area contributed by atoms with Crippen LogP contribution in [0.2, 0.25) is 0 Å². The van der Waals surface area contributed by atoms with Crippen LogP contribution in [-0.4, -0.2) is 146 Å². The van der Waals surface area contributed by atoms with Gasteiger partial charge in [-0.2, -0.15) is 0 Å². The molecule has 4 aliphatic carbocycles. The second-order valence-corrected chi connectivity index (χ2v) is 18.4. The van der Waals surface area contributed by atoms with Gasteiger partial charge in [-0.1, -0.05) is 39.3 Å². The molecule has 4 aliphatic heterocycles. The van der Waals surface area contributed by atoms with Crippen LogP contribution in [0.4, 0.5) is 0 Å². The molecule has 21 atom stereocenters. The van der Waals surface area contributed by atoms with Crippen LogP contribution in [0.5, 0.6) is 0 Å². The van der Waals surface area contributed by atoms with Gasteiger partial charge >= 0.3 is 0 Å². The zero-order valence-corrected chi connectivity index (χ0v) is 31.4. The summed E-state index contributed by atoms with van der Waals surface area (Å²) in [6.45, 7) is 8.59. The molecule has 8 aliphatic rings. The summed E-state index contributed by atoms with van der Waals surface area (Å²) in [4.78, 5) is 0. The third-order valence-corrected chi connectivity index (χ3v) is 15.8. The molecule has 53 heavy (non-hydrogen) atoms. The Bertz CT molecular complexity index is 1370. The first kappa shape index (κ1) is 39.0. The Labute approximate surface area is 311 Å². The van der Waals surface area contributed by atoms with Gasteiger partial charge in [-0.05, 0) is 68.1 Å². The third kappa shape index (κ3) is 5.87. The van der Waals surface area contributed by atoms with Crippen LogP contribution in [0, 0.1) is 40.4 Å². The fraction of sp³-hybridized carbons (Fsp3) is 0.949. The molecular weight excluding hydrogens is 692 g/mol. The van der Waals surface area contributed by atoms with E-state index in [1.165, 1.54) is 5.57 Å². The highest BCUT2D eigenvalue weighted by Crippen LogP contribution is 2.72. The van der Waals surface area contributed by atoms with Crippen LogP contribution < -0.4 is 0 Å². The molecule has 14 heteroatoms. The monoisotopic (exact) mass is 754 g/mol. The Morgan fingerprint density at radius 1 is 0.792 bits per heavy atom. The second kappa shape index (κ2) is 13.9. The van der Waals surface area contributed by atoms with E-state index in [0.717, 1.165) is 45.1 Å². The van der Waals surface area contributed by atoms with Gasteiger partial charge in [0.2, 0.25) is 0 Å². The zero-order chi connectivity index (χ0) is 37.8. The summed E-state index contributed by atoms with van der Waals surface area (Å²) >= 11 is 0. The Hall–Kier alpha value is -0.820. The van der Waals surface area contributed by atoms with Crippen molar-refractivity contribution in [3.8, 4) is 0 Å². The molecule has 0 radical (unpaired) electrons. The average Bonchev–Trinajstić information content (AvgIpc) is 3.54. The third-order valence-electron chi connectivity index (χ3n) is 15.8. The van der Waals surface area contributed by atoms with Crippen molar-refractivity contribution >= 4 is 0 Å². The Morgan fingerprint density at radius 3 is 2.19 bits per heavy atom. The van der Waals surface area contributed by atoms with E-state index in [9.17, 15) is 40.9 Å². The summed E-state index contributed by atoms with van der Waals surface area (Å²) in [6, 6.07) is 0. The van der Waals surface area contributed by atoms with Crippen molar-refractivity contribution in [1.29, 1.82) is 0 Å². The quantitative estimate of drug-likeness (QED) is 0.173. The molecule has 14 nitrogen and oxygen atoms in total. The molecule has 4 saturated heterocycles. The molecule has 1 spiro atoms. The van der Waals surface area contributed by atoms with Crippen LogP contribution >= 0.6 is 0 Å².